The van der Waals surface area contributed by atoms with Crippen molar-refractivity contribution in [1.82, 2.24) is 10.6 Å². The number of anilines is 2. The average molecular weight is 279 g/mol. The Morgan fingerprint density at radius 2 is 2.32 bits per heavy atom. The van der Waals surface area contributed by atoms with Gasteiger partial charge in [-0.05, 0) is 13.0 Å². The SMILES string of the molecule is CNC(=O)c1sc(N2CCCNCC2)c(C#N)c1N. The molecule has 0 saturated carbocycles. The predicted octanol–water partition coefficient (Wildman–Crippen LogP) is 0.361. The van der Waals surface area contributed by atoms with Crippen molar-refractivity contribution in [1.29, 1.82) is 5.26 Å². The normalized spacial score (nSPS) is 15.7. The standard InChI is InChI=1S/C12H17N5OS/c1-15-11(18)10-9(14)8(7-13)12(19-10)17-5-2-3-16-4-6-17/h16H,2-6,14H2,1H3,(H,15,18). The lowest BCUT2D eigenvalue weighted by Crippen LogP contribution is -2.27. The molecule has 2 rings (SSSR count). The van der Waals surface area contributed by atoms with Gasteiger partial charge in [0, 0.05) is 26.7 Å². The number of rotatable bonds is 2. The van der Waals surface area contributed by atoms with E-state index in [4.69, 9.17) is 5.73 Å². The Morgan fingerprint density at radius 1 is 1.53 bits per heavy atom. The summed E-state index contributed by atoms with van der Waals surface area (Å²) in [5.74, 6) is -0.238. The largest absolute Gasteiger partial charge is 0.396 e. The van der Waals surface area contributed by atoms with Crippen LogP contribution in [0.3, 0.4) is 0 Å². The van der Waals surface area contributed by atoms with Crippen molar-refractivity contribution in [2.45, 2.75) is 6.42 Å². The molecule has 6 nitrogen and oxygen atoms in total. The Morgan fingerprint density at radius 3 is 3.00 bits per heavy atom. The van der Waals surface area contributed by atoms with E-state index in [2.05, 4.69) is 21.6 Å². The van der Waals surface area contributed by atoms with E-state index in [0.717, 1.165) is 37.6 Å². The van der Waals surface area contributed by atoms with Gasteiger partial charge in [0.25, 0.3) is 5.91 Å². The van der Waals surface area contributed by atoms with Crippen molar-refractivity contribution in [2.24, 2.45) is 0 Å². The van der Waals surface area contributed by atoms with E-state index in [1.54, 1.807) is 7.05 Å². The lowest BCUT2D eigenvalue weighted by Gasteiger charge is -2.20. The van der Waals surface area contributed by atoms with E-state index in [9.17, 15) is 10.1 Å². The van der Waals surface area contributed by atoms with E-state index in [-0.39, 0.29) is 5.91 Å². The number of nitrogens with two attached hydrogens (primary N) is 1. The van der Waals surface area contributed by atoms with Crippen LogP contribution in [0.2, 0.25) is 0 Å². The number of carbonyl (C=O) groups is 1. The van der Waals surface area contributed by atoms with E-state index in [1.165, 1.54) is 11.3 Å². The Balaban J connectivity index is 2.39. The molecule has 0 unspecified atom stereocenters. The molecule has 1 aromatic heterocycles. The Kier molecular flexibility index (Phi) is 4.24. The molecule has 102 valence electrons. The highest BCUT2D eigenvalue weighted by Gasteiger charge is 2.24. The number of nitriles is 1. The van der Waals surface area contributed by atoms with Crippen LogP contribution >= 0.6 is 11.3 Å². The van der Waals surface area contributed by atoms with Gasteiger partial charge in [-0.15, -0.1) is 11.3 Å². The summed E-state index contributed by atoms with van der Waals surface area (Å²) in [7, 11) is 1.56. The highest BCUT2D eigenvalue weighted by Crippen LogP contribution is 2.37. The molecule has 0 atom stereocenters. The first-order valence-electron chi connectivity index (χ1n) is 6.19. The van der Waals surface area contributed by atoms with Crippen LogP contribution in [-0.4, -0.2) is 39.1 Å². The lowest BCUT2D eigenvalue weighted by molar-refractivity contribution is 0.0968. The molecule has 1 aromatic rings. The number of hydrogen-bond donors (Lipinski definition) is 3. The van der Waals surface area contributed by atoms with Gasteiger partial charge in [-0.3, -0.25) is 4.79 Å². The van der Waals surface area contributed by atoms with Gasteiger partial charge in [0.1, 0.15) is 21.5 Å². The molecule has 1 aliphatic rings. The van der Waals surface area contributed by atoms with E-state index in [0.29, 0.717) is 16.1 Å². The van der Waals surface area contributed by atoms with Crippen molar-refractivity contribution in [2.75, 3.05) is 43.9 Å². The fourth-order valence-corrected chi connectivity index (χ4v) is 3.26. The Labute approximate surface area is 116 Å². The van der Waals surface area contributed by atoms with Crippen LogP contribution in [0.15, 0.2) is 0 Å². The maximum absolute atomic E-state index is 11.7. The first-order valence-corrected chi connectivity index (χ1v) is 7.00. The van der Waals surface area contributed by atoms with Crippen molar-refractivity contribution in [3.63, 3.8) is 0 Å². The topological polar surface area (TPSA) is 94.2 Å². The van der Waals surface area contributed by atoms with Gasteiger partial charge in [0.05, 0.1) is 5.69 Å². The molecule has 19 heavy (non-hydrogen) atoms. The minimum absolute atomic E-state index is 0.238. The zero-order valence-corrected chi connectivity index (χ0v) is 11.6. The summed E-state index contributed by atoms with van der Waals surface area (Å²) in [6.07, 6.45) is 1.01. The summed E-state index contributed by atoms with van der Waals surface area (Å²) < 4.78 is 0. The zero-order chi connectivity index (χ0) is 13.8. The second-order valence-electron chi connectivity index (χ2n) is 4.31. The van der Waals surface area contributed by atoms with Gasteiger partial charge >= 0.3 is 0 Å². The smallest absolute Gasteiger partial charge is 0.263 e. The summed E-state index contributed by atoms with van der Waals surface area (Å²) >= 11 is 1.30. The van der Waals surface area contributed by atoms with Crippen LogP contribution in [0, 0.1) is 11.3 Å². The third-order valence-corrected chi connectivity index (χ3v) is 4.36. The first kappa shape index (κ1) is 13.6. The second-order valence-corrected chi connectivity index (χ2v) is 5.31. The molecule has 0 radical (unpaired) electrons. The number of carbonyl (C=O) groups excluding carboxylic acids is 1. The number of nitrogens with one attached hydrogen (secondary N) is 2. The highest BCUT2D eigenvalue weighted by atomic mass is 32.1. The van der Waals surface area contributed by atoms with Crippen LogP contribution < -0.4 is 21.3 Å². The number of thiophene rings is 1. The molecule has 1 saturated heterocycles. The fraction of sp³-hybridized carbons (Fsp3) is 0.500. The fourth-order valence-electron chi connectivity index (χ4n) is 2.09. The Hall–Kier alpha value is -1.78. The van der Waals surface area contributed by atoms with Crippen LogP contribution in [0.5, 0.6) is 0 Å². The average Bonchev–Trinajstić information content (AvgIpc) is 2.61. The molecule has 0 bridgehead atoms. The molecular weight excluding hydrogens is 262 g/mol. The van der Waals surface area contributed by atoms with Gasteiger partial charge < -0.3 is 21.3 Å². The van der Waals surface area contributed by atoms with Gasteiger partial charge in [-0.2, -0.15) is 5.26 Å². The zero-order valence-electron chi connectivity index (χ0n) is 10.8. The number of amides is 1. The van der Waals surface area contributed by atoms with Crippen LogP contribution in [0.25, 0.3) is 0 Å². The van der Waals surface area contributed by atoms with Crippen LogP contribution in [0.4, 0.5) is 10.7 Å². The molecule has 0 aromatic carbocycles. The monoisotopic (exact) mass is 279 g/mol. The van der Waals surface area contributed by atoms with Crippen molar-refractivity contribution in [3.05, 3.63) is 10.4 Å². The summed E-state index contributed by atoms with van der Waals surface area (Å²) in [4.78, 5) is 14.3. The van der Waals surface area contributed by atoms with E-state index in [1.807, 2.05) is 0 Å². The summed E-state index contributed by atoms with van der Waals surface area (Å²) in [5.41, 5.74) is 6.63. The minimum atomic E-state index is -0.238. The molecule has 7 heteroatoms. The third kappa shape index (κ3) is 2.64. The predicted molar refractivity (Wildman–Crippen MR) is 76.5 cm³/mol. The molecule has 0 spiro atoms. The highest BCUT2D eigenvalue weighted by molar-refractivity contribution is 7.19. The molecule has 1 amide bonds. The van der Waals surface area contributed by atoms with Gasteiger partial charge in [0.2, 0.25) is 0 Å². The maximum atomic E-state index is 11.7. The van der Waals surface area contributed by atoms with Crippen LogP contribution in [0.1, 0.15) is 21.7 Å². The third-order valence-electron chi connectivity index (χ3n) is 3.10. The Bertz CT molecular complexity index is 511. The second kappa shape index (κ2) is 5.91. The number of nitrogen functional groups attached to an aromatic ring is 1. The number of hydrogen-bond acceptors (Lipinski definition) is 6. The van der Waals surface area contributed by atoms with Crippen molar-refractivity contribution >= 4 is 27.9 Å². The van der Waals surface area contributed by atoms with Crippen molar-refractivity contribution < 1.29 is 4.79 Å². The molecular formula is C12H17N5OS. The summed E-state index contributed by atoms with van der Waals surface area (Å²) in [5, 5.41) is 15.9. The number of nitrogens with zero attached hydrogens (tertiary/aromatic N) is 2. The maximum Gasteiger partial charge on any atom is 0.263 e. The molecule has 0 aliphatic carbocycles. The minimum Gasteiger partial charge on any atom is -0.396 e. The van der Waals surface area contributed by atoms with E-state index >= 15 is 0 Å². The molecule has 4 N–H and O–H groups in total. The van der Waals surface area contributed by atoms with Gasteiger partial charge in [-0.25, -0.2) is 0 Å². The van der Waals surface area contributed by atoms with Gasteiger partial charge in [-0.1, -0.05) is 0 Å². The van der Waals surface area contributed by atoms with E-state index < -0.39 is 0 Å². The first-order chi connectivity index (χ1) is 9.19. The summed E-state index contributed by atoms with van der Waals surface area (Å²) in [6, 6.07) is 2.12. The lowest BCUT2D eigenvalue weighted by atomic mass is 10.2. The van der Waals surface area contributed by atoms with Gasteiger partial charge in [0.15, 0.2) is 0 Å². The van der Waals surface area contributed by atoms with Crippen molar-refractivity contribution in [3.8, 4) is 6.07 Å². The molecule has 2 heterocycles. The summed E-state index contributed by atoms with van der Waals surface area (Å²) in [6.45, 7) is 3.54. The van der Waals surface area contributed by atoms with Crippen LogP contribution in [-0.2, 0) is 0 Å². The molecule has 1 fully saturated rings. The quantitative estimate of drug-likeness (QED) is 0.727. The molecule has 1 aliphatic heterocycles.